The van der Waals surface area contributed by atoms with Crippen LogP contribution >= 0.6 is 0 Å². The third-order valence-electron chi connectivity index (χ3n) is 10.1. The smallest absolute Gasteiger partial charge is 0.306 e. The number of carboxylic acids is 1. The van der Waals surface area contributed by atoms with Gasteiger partial charge >= 0.3 is 11.9 Å². The standard InChI is InChI=1S/C60H93NO8/c1-6-8-10-12-14-16-18-20-22-23-24-25-26-27-28-29-30-31-32-33-34-35-37-39-41-43-45-47-49-51-58(63)69-56(55-68-60(59(64)65)66-53-52-61(3,4)5)54-67-57(62)50-48-46-44-42-40-38-36-21-19-17-15-13-11-9-7-2/h8-11,14-17,20-22,24-25,27-28,30-31,33-34,36-37,39-40,42,56,60H,6-7,12-13,18-19,23,26,29,32,35,38,41,43-55H2,1-5H3/b10-8-,11-9-,16-14-,17-15-,22-20-,25-24-,28-27-,31-30-,34-33-,36-21-,39-37-,42-40-. The molecule has 9 heteroatoms. The molecule has 0 fully saturated rings. The van der Waals surface area contributed by atoms with Crippen LogP contribution in [0.4, 0.5) is 0 Å². The van der Waals surface area contributed by atoms with Gasteiger partial charge in [0.2, 0.25) is 0 Å². The van der Waals surface area contributed by atoms with Gasteiger partial charge in [0.15, 0.2) is 12.4 Å². The van der Waals surface area contributed by atoms with Crippen molar-refractivity contribution < 1.29 is 42.9 Å². The van der Waals surface area contributed by atoms with Crippen LogP contribution in [0.15, 0.2) is 146 Å². The van der Waals surface area contributed by atoms with Gasteiger partial charge in [-0.3, -0.25) is 9.59 Å². The van der Waals surface area contributed by atoms with E-state index >= 15 is 0 Å². The number of likely N-dealkylation sites (N-methyl/N-ethyl adjacent to an activating group) is 1. The lowest BCUT2D eigenvalue weighted by molar-refractivity contribution is -0.870. The molecule has 0 aromatic rings. The van der Waals surface area contributed by atoms with Crippen LogP contribution in [0.25, 0.3) is 0 Å². The average Bonchev–Trinajstić information content (AvgIpc) is 3.31. The van der Waals surface area contributed by atoms with Gasteiger partial charge in [-0.2, -0.15) is 0 Å². The zero-order chi connectivity index (χ0) is 50.6. The highest BCUT2D eigenvalue weighted by atomic mass is 16.7. The summed E-state index contributed by atoms with van der Waals surface area (Å²) in [5, 5.41) is 11.7. The number of allylic oxidation sites excluding steroid dienone is 24. The second kappa shape index (κ2) is 49.6. The largest absolute Gasteiger partial charge is 0.545 e. The molecule has 69 heavy (non-hydrogen) atoms. The zero-order valence-corrected chi connectivity index (χ0v) is 43.6. The first-order valence-corrected chi connectivity index (χ1v) is 26.0. The molecule has 0 aromatic carbocycles. The van der Waals surface area contributed by atoms with Crippen molar-refractivity contribution in [3.05, 3.63) is 146 Å². The Morgan fingerprint density at radius 1 is 0.435 bits per heavy atom. The summed E-state index contributed by atoms with van der Waals surface area (Å²) in [7, 11) is 5.87. The van der Waals surface area contributed by atoms with Crippen LogP contribution in [0.2, 0.25) is 0 Å². The van der Waals surface area contributed by atoms with Gasteiger partial charge in [0, 0.05) is 12.8 Å². The van der Waals surface area contributed by atoms with Crippen LogP contribution < -0.4 is 5.11 Å². The van der Waals surface area contributed by atoms with E-state index in [1.54, 1.807) is 0 Å². The Labute approximate surface area is 420 Å². The van der Waals surface area contributed by atoms with E-state index in [-0.39, 0.29) is 32.7 Å². The van der Waals surface area contributed by atoms with Crippen molar-refractivity contribution in [1.82, 2.24) is 0 Å². The average molecular weight is 956 g/mol. The summed E-state index contributed by atoms with van der Waals surface area (Å²) in [5.41, 5.74) is 0. The molecule has 0 aliphatic rings. The molecule has 0 aliphatic heterocycles. The summed E-state index contributed by atoms with van der Waals surface area (Å²) in [6.07, 6.45) is 68.9. The topological polar surface area (TPSA) is 111 Å². The van der Waals surface area contributed by atoms with Gasteiger partial charge < -0.3 is 33.3 Å². The van der Waals surface area contributed by atoms with Gasteiger partial charge in [-0.15, -0.1) is 0 Å². The van der Waals surface area contributed by atoms with E-state index in [4.69, 9.17) is 18.9 Å². The Morgan fingerprint density at radius 2 is 0.783 bits per heavy atom. The van der Waals surface area contributed by atoms with Crippen molar-refractivity contribution in [2.75, 3.05) is 47.5 Å². The normalized spacial score (nSPS) is 14.0. The lowest BCUT2D eigenvalue weighted by Crippen LogP contribution is -2.44. The van der Waals surface area contributed by atoms with E-state index in [9.17, 15) is 19.5 Å². The number of aliphatic carboxylic acids is 1. The van der Waals surface area contributed by atoms with Gasteiger partial charge in [0.25, 0.3) is 0 Å². The van der Waals surface area contributed by atoms with Crippen LogP contribution in [-0.4, -0.2) is 82.3 Å². The maximum atomic E-state index is 12.8. The number of nitrogens with zero attached hydrogens (tertiary/aromatic N) is 1. The molecular weight excluding hydrogens is 863 g/mol. The van der Waals surface area contributed by atoms with Crippen molar-refractivity contribution in [2.45, 2.75) is 167 Å². The summed E-state index contributed by atoms with van der Waals surface area (Å²) in [6.45, 7) is 4.39. The SMILES string of the molecule is CC/C=C\C/C=C\C/C=C\C/C=C\C/C=C\C/C=C\C/C=C\C/C=C\CCCCCCC(=O)OC(COC(=O)CCCC/C=C\C/C=C\C/C=C\C/C=C\CC)COC(OCC[N+](C)(C)C)C(=O)[O-]. The fraction of sp³-hybridized carbons (Fsp3) is 0.550. The molecule has 2 unspecified atom stereocenters. The molecule has 386 valence electrons. The van der Waals surface area contributed by atoms with Gasteiger partial charge in [-0.25, -0.2) is 0 Å². The Kier molecular flexibility index (Phi) is 46.1. The van der Waals surface area contributed by atoms with Crippen LogP contribution in [0.3, 0.4) is 0 Å². The molecule has 0 heterocycles. The van der Waals surface area contributed by atoms with Crippen molar-refractivity contribution >= 4 is 17.9 Å². The lowest BCUT2D eigenvalue weighted by Gasteiger charge is -2.26. The highest BCUT2D eigenvalue weighted by Gasteiger charge is 2.21. The molecule has 0 saturated heterocycles. The Bertz CT molecular complexity index is 1630. The summed E-state index contributed by atoms with van der Waals surface area (Å²) in [4.78, 5) is 37.1. The molecule has 0 amide bonds. The van der Waals surface area contributed by atoms with Gasteiger partial charge in [0.05, 0.1) is 40.3 Å². The number of ether oxygens (including phenoxy) is 4. The number of carboxylic acid groups (broad SMARTS) is 1. The van der Waals surface area contributed by atoms with Crippen molar-refractivity contribution in [1.29, 1.82) is 0 Å². The fourth-order valence-corrected chi connectivity index (χ4v) is 6.13. The highest BCUT2D eigenvalue weighted by molar-refractivity contribution is 5.70. The maximum Gasteiger partial charge on any atom is 0.306 e. The Morgan fingerprint density at radius 3 is 1.17 bits per heavy atom. The fourth-order valence-electron chi connectivity index (χ4n) is 6.13. The summed E-state index contributed by atoms with van der Waals surface area (Å²) >= 11 is 0. The molecule has 0 N–H and O–H groups in total. The van der Waals surface area contributed by atoms with E-state index in [2.05, 4.69) is 160 Å². The third-order valence-corrected chi connectivity index (χ3v) is 10.1. The number of unbranched alkanes of at least 4 members (excludes halogenated alkanes) is 6. The van der Waals surface area contributed by atoms with E-state index < -0.39 is 30.3 Å². The molecule has 0 bridgehead atoms. The summed E-state index contributed by atoms with van der Waals surface area (Å²) in [5.74, 6) is -2.40. The predicted octanol–water partition coefficient (Wildman–Crippen LogP) is 13.6. The summed E-state index contributed by atoms with van der Waals surface area (Å²) < 4.78 is 22.5. The summed E-state index contributed by atoms with van der Waals surface area (Å²) in [6, 6.07) is 0. The monoisotopic (exact) mass is 956 g/mol. The first-order valence-electron chi connectivity index (χ1n) is 26.0. The van der Waals surface area contributed by atoms with Crippen LogP contribution in [0.1, 0.15) is 155 Å². The van der Waals surface area contributed by atoms with Crippen molar-refractivity contribution in [3.8, 4) is 0 Å². The predicted molar refractivity (Wildman–Crippen MR) is 287 cm³/mol. The van der Waals surface area contributed by atoms with E-state index in [1.807, 2.05) is 21.1 Å². The van der Waals surface area contributed by atoms with E-state index in [0.29, 0.717) is 23.9 Å². The number of esters is 2. The molecule has 0 radical (unpaired) electrons. The first-order chi connectivity index (χ1) is 33.6. The van der Waals surface area contributed by atoms with Gasteiger partial charge in [-0.05, 0) is 116 Å². The quantitative estimate of drug-likeness (QED) is 0.0195. The number of hydrogen-bond acceptors (Lipinski definition) is 8. The minimum atomic E-state index is -1.65. The minimum Gasteiger partial charge on any atom is -0.545 e. The Balaban J connectivity index is 4.45. The molecule has 9 nitrogen and oxygen atoms in total. The molecule has 0 spiro atoms. The molecule has 0 aromatic heterocycles. The molecule has 0 aliphatic carbocycles. The van der Waals surface area contributed by atoms with Crippen LogP contribution in [0, 0.1) is 0 Å². The Hall–Kier alpha value is -4.83. The van der Waals surface area contributed by atoms with E-state index in [0.717, 1.165) is 116 Å². The molecule has 0 saturated carbocycles. The minimum absolute atomic E-state index is 0.126. The molecular formula is C60H93NO8. The molecule has 0 rings (SSSR count). The van der Waals surface area contributed by atoms with Crippen molar-refractivity contribution in [3.63, 3.8) is 0 Å². The second-order valence-corrected chi connectivity index (χ2v) is 17.7. The number of rotatable bonds is 45. The highest BCUT2D eigenvalue weighted by Crippen LogP contribution is 2.11. The number of quaternary nitrogens is 1. The van der Waals surface area contributed by atoms with Crippen molar-refractivity contribution in [2.24, 2.45) is 0 Å². The number of hydrogen-bond donors (Lipinski definition) is 0. The van der Waals surface area contributed by atoms with Crippen LogP contribution in [0.5, 0.6) is 0 Å². The first kappa shape index (κ1) is 64.2. The van der Waals surface area contributed by atoms with E-state index in [1.165, 1.54) is 0 Å². The lowest BCUT2D eigenvalue weighted by atomic mass is 10.1. The molecule has 2 atom stereocenters. The maximum absolute atomic E-state index is 12.8. The second-order valence-electron chi connectivity index (χ2n) is 17.7. The van der Waals surface area contributed by atoms with Crippen LogP contribution in [-0.2, 0) is 33.3 Å². The third kappa shape index (κ3) is 50.9. The van der Waals surface area contributed by atoms with Gasteiger partial charge in [-0.1, -0.05) is 173 Å². The number of carbonyl (C=O) groups is 3. The number of carbonyl (C=O) groups excluding carboxylic acids is 3. The van der Waals surface area contributed by atoms with Gasteiger partial charge in [0.1, 0.15) is 13.2 Å². The zero-order valence-electron chi connectivity index (χ0n) is 43.6.